The predicted molar refractivity (Wildman–Crippen MR) is 22.5 cm³/mol. The molecule has 0 radical (unpaired) electrons. The van der Waals surface area contributed by atoms with Crippen molar-refractivity contribution < 1.29 is 16.1 Å². The van der Waals surface area contributed by atoms with Gasteiger partial charge in [-0.3, -0.25) is 0 Å². The van der Waals surface area contributed by atoms with Crippen molar-refractivity contribution in [2.24, 2.45) is 0 Å². The van der Waals surface area contributed by atoms with Crippen LogP contribution in [0.4, 0.5) is 0 Å². The van der Waals surface area contributed by atoms with Gasteiger partial charge in [-0.15, -0.1) is 0 Å². The van der Waals surface area contributed by atoms with E-state index in [-0.39, 0.29) is 0 Å². The van der Waals surface area contributed by atoms with Gasteiger partial charge in [0.2, 0.25) is 0 Å². The van der Waals surface area contributed by atoms with E-state index in [0.29, 0.717) is 0 Å². The minimum absolute atomic E-state index is 1.46. The monoisotopic (exact) mass is 299 g/mol. The average Bonchev–Trinajstić information content (AvgIpc) is 1.95. The SMILES string of the molecule is N#[C][Pt]([C]#N)([C]#N)[C]#N. The molecule has 0 amide bonds. The molecule has 0 bridgehead atoms. The summed E-state index contributed by atoms with van der Waals surface area (Å²) < 4.78 is 5.85. The normalized spacial score (nSPS) is 9.33. The second-order valence-corrected chi connectivity index (χ2v) is 6.20. The van der Waals surface area contributed by atoms with E-state index in [2.05, 4.69) is 0 Å². The quantitative estimate of drug-likeness (QED) is 0.632. The Morgan fingerprint density at radius 3 is 0.889 bits per heavy atom. The molecule has 0 N–H and O–H groups in total. The Kier molecular flexibility index (Phi) is 2.41. The van der Waals surface area contributed by atoms with Crippen molar-refractivity contribution in [2.45, 2.75) is 0 Å². The van der Waals surface area contributed by atoms with Gasteiger partial charge in [0.05, 0.1) is 0 Å². The standard InChI is InChI=1S/4CN.Pt/c4*1-2;. The first kappa shape index (κ1) is 7.65. The van der Waals surface area contributed by atoms with Gasteiger partial charge in [0.25, 0.3) is 0 Å². The van der Waals surface area contributed by atoms with Gasteiger partial charge in [0.1, 0.15) is 0 Å². The fourth-order valence-corrected chi connectivity index (χ4v) is 0.777. The van der Waals surface area contributed by atoms with Crippen LogP contribution in [0.1, 0.15) is 0 Å². The van der Waals surface area contributed by atoms with Crippen molar-refractivity contribution >= 4 is 0 Å². The summed E-state index contributed by atoms with van der Waals surface area (Å²) in [5, 5.41) is 32.6. The van der Waals surface area contributed by atoms with E-state index >= 15 is 0 Å². The molecule has 0 atom stereocenters. The van der Waals surface area contributed by atoms with Gasteiger partial charge in [-0.2, -0.15) is 0 Å². The molecular formula is C4N4Pt. The topological polar surface area (TPSA) is 95.2 Å². The summed E-state index contributed by atoms with van der Waals surface area (Å²) in [5.41, 5.74) is 0. The molecule has 0 aromatic carbocycles. The van der Waals surface area contributed by atoms with E-state index in [1.165, 1.54) is 17.8 Å². The molecule has 0 unspecified atom stereocenters. The van der Waals surface area contributed by atoms with Gasteiger partial charge in [0.15, 0.2) is 0 Å². The molecule has 0 saturated heterocycles. The van der Waals surface area contributed by atoms with E-state index < -0.39 is 16.1 Å². The molecule has 0 aromatic heterocycles. The third kappa shape index (κ3) is 1.27. The predicted octanol–water partition coefficient (Wildman–Crippen LogP) is 0.0646. The molecule has 0 aliphatic rings. The average molecular weight is 299 g/mol. The molecule has 0 saturated carbocycles. The van der Waals surface area contributed by atoms with Crippen LogP contribution in [0, 0.1) is 38.9 Å². The second-order valence-electron chi connectivity index (χ2n) is 0.757. The first-order valence-corrected chi connectivity index (χ1v) is 6.07. The zero-order valence-electron chi connectivity index (χ0n) is 4.11. The van der Waals surface area contributed by atoms with Crippen molar-refractivity contribution in [3.05, 3.63) is 0 Å². The zero-order chi connectivity index (χ0) is 7.33. The van der Waals surface area contributed by atoms with Crippen molar-refractivity contribution in [1.29, 1.82) is 21.0 Å². The van der Waals surface area contributed by atoms with Crippen LogP contribution in [0.3, 0.4) is 0 Å². The molecule has 4 nitrogen and oxygen atoms in total. The Morgan fingerprint density at radius 1 is 0.667 bits per heavy atom. The summed E-state index contributed by atoms with van der Waals surface area (Å²) in [6.45, 7) is 0. The van der Waals surface area contributed by atoms with Gasteiger partial charge in [-0.05, 0) is 0 Å². The van der Waals surface area contributed by atoms with Crippen LogP contribution >= 0.6 is 0 Å². The molecule has 0 aromatic rings. The fraction of sp³-hybridized carbons (Fsp3) is 0. The van der Waals surface area contributed by atoms with Crippen LogP contribution in [-0.4, -0.2) is 0 Å². The number of nitrogens with zero attached hydrogens (tertiary/aromatic N) is 4. The summed E-state index contributed by atoms with van der Waals surface area (Å²) in [6, 6.07) is 0. The van der Waals surface area contributed by atoms with Crippen molar-refractivity contribution in [3.8, 4) is 17.8 Å². The number of rotatable bonds is 0. The summed E-state index contributed by atoms with van der Waals surface area (Å²) in [4.78, 5) is 0. The van der Waals surface area contributed by atoms with Crippen LogP contribution in [0.25, 0.3) is 0 Å². The van der Waals surface area contributed by atoms with Crippen molar-refractivity contribution in [3.63, 3.8) is 0 Å². The molecule has 46 valence electrons. The Hall–Kier alpha value is -1.35. The van der Waals surface area contributed by atoms with E-state index in [1.807, 2.05) is 0 Å². The molecule has 0 aliphatic carbocycles. The fourth-order valence-electron chi connectivity index (χ4n) is 0.0949. The summed E-state index contributed by atoms with van der Waals surface area (Å²) in [7, 11) is 0. The third-order valence-electron chi connectivity index (χ3n) is 0.424. The van der Waals surface area contributed by atoms with E-state index in [0.717, 1.165) is 0 Å². The number of hydrogen-bond donors (Lipinski definition) is 0. The molecule has 0 rings (SSSR count). The molecular weight excluding hydrogens is 299 g/mol. The molecule has 5 heteroatoms. The van der Waals surface area contributed by atoms with Crippen LogP contribution in [0.5, 0.6) is 0 Å². The third-order valence-corrected chi connectivity index (χ3v) is 3.47. The van der Waals surface area contributed by atoms with Crippen LogP contribution in [0.2, 0.25) is 0 Å². The van der Waals surface area contributed by atoms with Gasteiger partial charge in [-0.1, -0.05) is 0 Å². The molecule has 0 fully saturated rings. The maximum atomic E-state index is 8.14. The molecule has 0 spiro atoms. The maximum absolute atomic E-state index is 8.14. The van der Waals surface area contributed by atoms with Gasteiger partial charge >= 0.3 is 54.9 Å². The first-order chi connectivity index (χ1) is 4.24. The summed E-state index contributed by atoms with van der Waals surface area (Å²) in [5.74, 6) is 0. The Bertz CT molecular complexity index is 205. The van der Waals surface area contributed by atoms with E-state index in [1.54, 1.807) is 0 Å². The van der Waals surface area contributed by atoms with E-state index in [4.69, 9.17) is 21.0 Å². The first-order valence-electron chi connectivity index (χ1n) is 1.53. The number of nitriles is 4. The molecule has 0 aliphatic heterocycles. The Labute approximate surface area is 55.4 Å². The Morgan fingerprint density at radius 2 is 0.889 bits per heavy atom. The summed E-state index contributed by atoms with van der Waals surface area (Å²) >= 11 is -3.88. The molecule has 0 heterocycles. The minimum atomic E-state index is -3.88. The zero-order valence-corrected chi connectivity index (χ0v) is 6.38. The molecule has 9 heavy (non-hydrogen) atoms. The number of hydrogen-bond acceptors (Lipinski definition) is 4. The summed E-state index contributed by atoms with van der Waals surface area (Å²) in [6.07, 6.45) is 0. The van der Waals surface area contributed by atoms with Crippen molar-refractivity contribution in [1.82, 2.24) is 0 Å². The Balaban J connectivity index is 4.84. The van der Waals surface area contributed by atoms with Gasteiger partial charge in [0, 0.05) is 0 Å². The second kappa shape index (κ2) is 2.84. The van der Waals surface area contributed by atoms with Gasteiger partial charge in [-0.25, -0.2) is 0 Å². The van der Waals surface area contributed by atoms with Gasteiger partial charge < -0.3 is 0 Å². The van der Waals surface area contributed by atoms with Crippen LogP contribution < -0.4 is 0 Å². The van der Waals surface area contributed by atoms with E-state index in [9.17, 15) is 0 Å². The van der Waals surface area contributed by atoms with Crippen LogP contribution in [0.15, 0.2) is 0 Å². The van der Waals surface area contributed by atoms with Crippen LogP contribution in [-0.2, 0) is 16.1 Å². The van der Waals surface area contributed by atoms with Crippen molar-refractivity contribution in [2.75, 3.05) is 0 Å².